The maximum atomic E-state index is 13.0. The van der Waals surface area contributed by atoms with Gasteiger partial charge in [-0.05, 0) is 46.5 Å². The SMILES string of the molecule is O=S(=O)(Cc1cc(F)cc(F)c1)NCCC(O)c1ccsc1. The van der Waals surface area contributed by atoms with E-state index in [4.69, 9.17) is 0 Å². The molecule has 1 unspecified atom stereocenters. The number of benzene rings is 1. The smallest absolute Gasteiger partial charge is 0.215 e. The summed E-state index contributed by atoms with van der Waals surface area (Å²) in [6.45, 7) is 0.0388. The van der Waals surface area contributed by atoms with E-state index in [2.05, 4.69) is 4.72 Å². The summed E-state index contributed by atoms with van der Waals surface area (Å²) < 4.78 is 52.1. The van der Waals surface area contributed by atoms with Crippen LogP contribution in [0.4, 0.5) is 8.78 Å². The van der Waals surface area contributed by atoms with E-state index in [1.807, 2.05) is 5.38 Å². The normalized spacial score (nSPS) is 13.2. The molecule has 2 aromatic rings. The molecule has 0 aliphatic carbocycles. The van der Waals surface area contributed by atoms with Gasteiger partial charge in [0.1, 0.15) is 11.6 Å². The zero-order valence-corrected chi connectivity index (χ0v) is 13.1. The molecule has 1 aromatic carbocycles. The zero-order chi connectivity index (χ0) is 16.2. The highest BCUT2D eigenvalue weighted by atomic mass is 32.2. The predicted molar refractivity (Wildman–Crippen MR) is 80.9 cm³/mol. The van der Waals surface area contributed by atoms with E-state index in [9.17, 15) is 22.3 Å². The molecule has 0 amide bonds. The second-order valence-electron chi connectivity index (χ2n) is 4.79. The van der Waals surface area contributed by atoms with Crippen molar-refractivity contribution in [3.8, 4) is 0 Å². The second kappa shape index (κ2) is 7.28. The molecular weight excluding hydrogens is 332 g/mol. The maximum Gasteiger partial charge on any atom is 0.215 e. The standard InChI is InChI=1S/C14H15F2NO3S2/c15-12-5-10(6-13(16)7-12)9-22(19,20)17-3-1-14(18)11-2-4-21-8-11/h2,4-8,14,17-18H,1,3,9H2. The summed E-state index contributed by atoms with van der Waals surface area (Å²) in [6.07, 6.45) is -0.534. The van der Waals surface area contributed by atoms with Gasteiger partial charge in [-0.3, -0.25) is 0 Å². The van der Waals surface area contributed by atoms with Crippen molar-refractivity contribution in [2.45, 2.75) is 18.3 Å². The number of thiophene rings is 1. The molecule has 2 rings (SSSR count). The van der Waals surface area contributed by atoms with Gasteiger partial charge in [0.05, 0.1) is 11.9 Å². The van der Waals surface area contributed by atoms with E-state index < -0.39 is 33.5 Å². The molecule has 0 bridgehead atoms. The number of sulfonamides is 1. The second-order valence-corrected chi connectivity index (χ2v) is 7.38. The largest absolute Gasteiger partial charge is 0.388 e. The van der Waals surface area contributed by atoms with Crippen LogP contribution in [0.15, 0.2) is 35.0 Å². The highest BCUT2D eigenvalue weighted by Crippen LogP contribution is 2.18. The monoisotopic (exact) mass is 347 g/mol. The Morgan fingerprint density at radius 3 is 2.50 bits per heavy atom. The lowest BCUT2D eigenvalue weighted by molar-refractivity contribution is 0.169. The van der Waals surface area contributed by atoms with E-state index in [0.29, 0.717) is 6.07 Å². The number of rotatable bonds is 7. The molecule has 0 saturated heterocycles. The van der Waals surface area contributed by atoms with Crippen LogP contribution in [0.1, 0.15) is 23.7 Å². The van der Waals surface area contributed by atoms with Crippen LogP contribution in [0, 0.1) is 11.6 Å². The van der Waals surface area contributed by atoms with Crippen LogP contribution in [0.3, 0.4) is 0 Å². The van der Waals surface area contributed by atoms with Gasteiger partial charge in [-0.25, -0.2) is 21.9 Å². The first-order valence-corrected chi connectivity index (χ1v) is 9.08. The van der Waals surface area contributed by atoms with Gasteiger partial charge in [0.2, 0.25) is 10.0 Å². The average Bonchev–Trinajstić information content (AvgIpc) is 2.89. The molecule has 0 aliphatic heterocycles. The number of aliphatic hydroxyl groups excluding tert-OH is 1. The summed E-state index contributed by atoms with van der Waals surface area (Å²) in [7, 11) is -3.72. The Morgan fingerprint density at radius 2 is 1.91 bits per heavy atom. The molecule has 0 spiro atoms. The molecule has 0 radical (unpaired) electrons. The van der Waals surface area contributed by atoms with Crippen molar-refractivity contribution in [3.05, 3.63) is 57.8 Å². The molecule has 0 aliphatic rings. The van der Waals surface area contributed by atoms with Crippen LogP contribution < -0.4 is 4.72 Å². The fourth-order valence-corrected chi connectivity index (χ4v) is 3.79. The Balaban J connectivity index is 1.88. The van der Waals surface area contributed by atoms with Crippen molar-refractivity contribution in [1.29, 1.82) is 0 Å². The number of halogens is 2. The summed E-state index contributed by atoms with van der Waals surface area (Å²) in [5.74, 6) is -2.16. The fourth-order valence-electron chi connectivity index (χ4n) is 1.95. The van der Waals surface area contributed by atoms with Gasteiger partial charge in [0, 0.05) is 12.6 Å². The van der Waals surface area contributed by atoms with Crippen LogP contribution in [0.2, 0.25) is 0 Å². The third kappa shape index (κ3) is 5.13. The molecule has 120 valence electrons. The molecule has 1 aromatic heterocycles. The Labute approximate surface area is 131 Å². The average molecular weight is 347 g/mol. The topological polar surface area (TPSA) is 66.4 Å². The van der Waals surface area contributed by atoms with Crippen LogP contribution in [-0.2, 0) is 15.8 Å². The molecular formula is C14H15F2NO3S2. The minimum absolute atomic E-state index is 0.0309. The molecule has 22 heavy (non-hydrogen) atoms. The molecule has 8 heteroatoms. The summed E-state index contributed by atoms with van der Waals surface area (Å²) in [5, 5.41) is 13.4. The Kier molecular flexibility index (Phi) is 5.63. The number of hydrogen-bond donors (Lipinski definition) is 2. The Hall–Kier alpha value is -1.35. The van der Waals surface area contributed by atoms with Crippen LogP contribution in [0.25, 0.3) is 0 Å². The van der Waals surface area contributed by atoms with Gasteiger partial charge in [0.25, 0.3) is 0 Å². The first-order valence-electron chi connectivity index (χ1n) is 6.48. The highest BCUT2D eigenvalue weighted by Gasteiger charge is 2.14. The molecule has 1 atom stereocenters. The van der Waals surface area contributed by atoms with E-state index in [-0.39, 0.29) is 18.5 Å². The highest BCUT2D eigenvalue weighted by molar-refractivity contribution is 7.88. The van der Waals surface area contributed by atoms with Gasteiger partial charge in [-0.2, -0.15) is 11.3 Å². The molecule has 0 saturated carbocycles. The molecule has 1 heterocycles. The Bertz CT molecular complexity index is 697. The fraction of sp³-hybridized carbons (Fsp3) is 0.286. The minimum Gasteiger partial charge on any atom is -0.388 e. The lowest BCUT2D eigenvalue weighted by atomic mass is 10.1. The summed E-state index contributed by atoms with van der Waals surface area (Å²) in [5.41, 5.74) is 0.764. The number of hydrogen-bond acceptors (Lipinski definition) is 4. The number of nitrogens with one attached hydrogen (secondary N) is 1. The minimum atomic E-state index is -3.72. The van der Waals surface area contributed by atoms with Crippen molar-refractivity contribution >= 4 is 21.4 Å². The van der Waals surface area contributed by atoms with Crippen molar-refractivity contribution in [3.63, 3.8) is 0 Å². The summed E-state index contributed by atoms with van der Waals surface area (Å²) >= 11 is 1.44. The van der Waals surface area contributed by atoms with Gasteiger partial charge in [-0.15, -0.1) is 0 Å². The zero-order valence-electron chi connectivity index (χ0n) is 11.5. The lowest BCUT2D eigenvalue weighted by Crippen LogP contribution is -2.27. The summed E-state index contributed by atoms with van der Waals surface area (Å²) in [6, 6.07) is 4.39. The Morgan fingerprint density at radius 1 is 1.23 bits per heavy atom. The van der Waals surface area contributed by atoms with Gasteiger partial charge in [0.15, 0.2) is 0 Å². The quantitative estimate of drug-likeness (QED) is 0.809. The van der Waals surface area contributed by atoms with Crippen molar-refractivity contribution in [2.24, 2.45) is 0 Å². The van der Waals surface area contributed by atoms with Crippen LogP contribution in [-0.4, -0.2) is 20.1 Å². The van der Waals surface area contributed by atoms with Gasteiger partial charge in [-0.1, -0.05) is 0 Å². The van der Waals surface area contributed by atoms with Gasteiger partial charge < -0.3 is 5.11 Å². The van der Waals surface area contributed by atoms with Crippen LogP contribution in [0.5, 0.6) is 0 Å². The van der Waals surface area contributed by atoms with Crippen molar-refractivity contribution in [1.82, 2.24) is 4.72 Å². The van der Waals surface area contributed by atoms with Crippen molar-refractivity contribution < 1.29 is 22.3 Å². The van der Waals surface area contributed by atoms with E-state index in [1.54, 1.807) is 11.4 Å². The predicted octanol–water partition coefficient (Wildman–Crippen LogP) is 2.57. The maximum absolute atomic E-state index is 13.0. The van der Waals surface area contributed by atoms with E-state index in [0.717, 1.165) is 17.7 Å². The van der Waals surface area contributed by atoms with Gasteiger partial charge >= 0.3 is 0 Å². The van der Waals surface area contributed by atoms with Crippen molar-refractivity contribution in [2.75, 3.05) is 6.54 Å². The van der Waals surface area contributed by atoms with E-state index in [1.165, 1.54) is 11.3 Å². The van der Waals surface area contributed by atoms with Crippen LogP contribution >= 0.6 is 11.3 Å². The molecule has 4 nitrogen and oxygen atoms in total. The lowest BCUT2D eigenvalue weighted by Gasteiger charge is -2.10. The molecule has 0 fully saturated rings. The third-order valence-electron chi connectivity index (χ3n) is 2.95. The summed E-state index contributed by atoms with van der Waals surface area (Å²) in [4.78, 5) is 0. The third-order valence-corrected chi connectivity index (χ3v) is 5.01. The molecule has 2 N–H and O–H groups in total. The first kappa shape index (κ1) is 17.0. The first-order chi connectivity index (χ1) is 10.4. The number of aliphatic hydroxyl groups is 1. The van der Waals surface area contributed by atoms with E-state index >= 15 is 0 Å².